The van der Waals surface area contributed by atoms with E-state index in [9.17, 15) is 0 Å². The molecule has 14 aromatic rings. The first-order valence-electron chi connectivity index (χ1n) is 21.8. The molecule has 0 saturated carbocycles. The summed E-state index contributed by atoms with van der Waals surface area (Å²) in [6.07, 6.45) is 0. The van der Waals surface area contributed by atoms with Crippen molar-refractivity contribution in [3.63, 3.8) is 0 Å². The van der Waals surface area contributed by atoms with Crippen molar-refractivity contribution < 1.29 is 8.83 Å². The third-order valence-corrected chi connectivity index (χ3v) is 13.3. The van der Waals surface area contributed by atoms with Crippen LogP contribution in [0, 0.1) is 0 Å². The fraction of sp³-hybridized carbons (Fsp3) is 0. The monoisotopic (exact) mass is 816 g/mol. The molecule has 0 spiro atoms. The van der Waals surface area contributed by atoms with Crippen LogP contribution in [-0.4, -0.2) is 9.13 Å². The fourth-order valence-corrected chi connectivity index (χ4v) is 10.3. The molecule has 0 bridgehead atoms. The molecule has 4 heterocycles. The third-order valence-electron chi connectivity index (χ3n) is 13.3. The highest BCUT2D eigenvalue weighted by Crippen LogP contribution is 2.43. The molecule has 0 fully saturated rings. The molecule has 298 valence electrons. The molecule has 0 aliphatic carbocycles. The Bertz CT molecular complexity index is 4110. The van der Waals surface area contributed by atoms with Crippen LogP contribution in [0.15, 0.2) is 227 Å². The minimum atomic E-state index is 0.875. The van der Waals surface area contributed by atoms with Gasteiger partial charge in [-0.2, -0.15) is 0 Å². The van der Waals surface area contributed by atoms with Crippen LogP contribution >= 0.6 is 0 Å². The van der Waals surface area contributed by atoms with E-state index in [-0.39, 0.29) is 0 Å². The summed E-state index contributed by atoms with van der Waals surface area (Å²) in [7, 11) is 0. The van der Waals surface area contributed by atoms with E-state index in [1.165, 1.54) is 32.7 Å². The van der Waals surface area contributed by atoms with Gasteiger partial charge in [-0.1, -0.05) is 127 Å². The van der Waals surface area contributed by atoms with Gasteiger partial charge in [0.05, 0.1) is 22.1 Å². The second-order valence-electron chi connectivity index (χ2n) is 16.9. The summed E-state index contributed by atoms with van der Waals surface area (Å²) in [6, 6.07) is 78.7. The number of hydrogen-bond donors (Lipinski definition) is 0. The number of benzene rings is 10. The van der Waals surface area contributed by atoms with Crippen LogP contribution in [0.25, 0.3) is 132 Å². The van der Waals surface area contributed by atoms with Gasteiger partial charge in [0, 0.05) is 66.6 Å². The first-order valence-corrected chi connectivity index (χ1v) is 21.8. The maximum atomic E-state index is 6.56. The molecule has 4 heteroatoms. The lowest BCUT2D eigenvalue weighted by Crippen LogP contribution is -1.96. The minimum Gasteiger partial charge on any atom is -0.456 e. The normalized spacial score (nSPS) is 12.1. The molecule has 0 radical (unpaired) electrons. The molecule has 64 heavy (non-hydrogen) atoms. The molecule has 10 aromatic carbocycles. The van der Waals surface area contributed by atoms with Crippen LogP contribution in [0.5, 0.6) is 0 Å². The fourth-order valence-electron chi connectivity index (χ4n) is 10.3. The number of fused-ring (bicyclic) bond motifs is 12. The Morgan fingerprint density at radius 2 is 0.641 bits per heavy atom. The summed E-state index contributed by atoms with van der Waals surface area (Å²) in [6.45, 7) is 0. The number of aromatic nitrogens is 2. The molecule has 0 N–H and O–H groups in total. The SMILES string of the molecule is c1ccc(-c2cc(-c3ccccc3)cc(-n3c4ccc(-c5ccc6c(c5)c5cc7c(cc5n6-c5ccccc5)oc5ccccc57)cc4c4cc5c(cc43)oc3ccccc35)c2)cc1. The zero-order valence-corrected chi connectivity index (χ0v) is 34.5. The average molecular weight is 817 g/mol. The molecule has 0 amide bonds. The summed E-state index contributed by atoms with van der Waals surface area (Å²) in [5, 5.41) is 9.24. The van der Waals surface area contributed by atoms with Crippen molar-refractivity contribution in [3.05, 3.63) is 218 Å². The summed E-state index contributed by atoms with van der Waals surface area (Å²) < 4.78 is 17.8. The van der Waals surface area contributed by atoms with Gasteiger partial charge in [0.25, 0.3) is 0 Å². The molecular formula is C60H36N2O2. The Hall–Kier alpha value is -8.60. The van der Waals surface area contributed by atoms with E-state index in [2.05, 4.69) is 215 Å². The lowest BCUT2D eigenvalue weighted by atomic mass is 9.98. The van der Waals surface area contributed by atoms with Crippen LogP contribution in [-0.2, 0) is 0 Å². The van der Waals surface area contributed by atoms with Crippen molar-refractivity contribution in [1.82, 2.24) is 9.13 Å². The maximum Gasteiger partial charge on any atom is 0.137 e. The minimum absolute atomic E-state index is 0.875. The average Bonchev–Trinajstić information content (AvgIpc) is 4.10. The van der Waals surface area contributed by atoms with Crippen LogP contribution in [0.1, 0.15) is 0 Å². The molecule has 14 rings (SSSR count). The second-order valence-corrected chi connectivity index (χ2v) is 16.9. The lowest BCUT2D eigenvalue weighted by molar-refractivity contribution is 0.669. The highest BCUT2D eigenvalue weighted by molar-refractivity contribution is 6.20. The molecule has 4 aromatic heterocycles. The Balaban J connectivity index is 1.03. The summed E-state index contributed by atoms with van der Waals surface area (Å²) >= 11 is 0. The number of hydrogen-bond acceptors (Lipinski definition) is 2. The third kappa shape index (κ3) is 5.23. The van der Waals surface area contributed by atoms with Crippen molar-refractivity contribution in [2.24, 2.45) is 0 Å². The van der Waals surface area contributed by atoms with Gasteiger partial charge in [-0.25, -0.2) is 0 Å². The Morgan fingerprint density at radius 3 is 1.14 bits per heavy atom. The highest BCUT2D eigenvalue weighted by atomic mass is 16.3. The van der Waals surface area contributed by atoms with E-state index >= 15 is 0 Å². The standard InChI is InChI=1S/C60H36N2O2/c1-4-14-37(15-5-1)41-28-42(38-16-6-2-7-17-38)30-44(29-41)62-54-27-25-40(32-48(54)50-34-52-46-21-11-13-23-58(46)64-60(52)36-56(50)62)39-24-26-53-47(31-39)49-33-51-45-20-10-12-22-57(45)63-59(51)35-55(49)61(53)43-18-8-3-9-19-43/h1-36H. The van der Waals surface area contributed by atoms with Gasteiger partial charge in [-0.15, -0.1) is 0 Å². The largest absolute Gasteiger partial charge is 0.456 e. The molecule has 4 nitrogen and oxygen atoms in total. The van der Waals surface area contributed by atoms with Gasteiger partial charge in [0.2, 0.25) is 0 Å². The smallest absolute Gasteiger partial charge is 0.137 e. The van der Waals surface area contributed by atoms with Gasteiger partial charge >= 0.3 is 0 Å². The van der Waals surface area contributed by atoms with E-state index in [0.29, 0.717) is 0 Å². The lowest BCUT2D eigenvalue weighted by Gasteiger charge is -2.14. The predicted octanol–water partition coefficient (Wildman–Crippen LogP) is 16.7. The quantitative estimate of drug-likeness (QED) is 0.173. The number of furan rings is 2. The van der Waals surface area contributed by atoms with Crippen molar-refractivity contribution >= 4 is 87.5 Å². The highest BCUT2D eigenvalue weighted by Gasteiger charge is 2.21. The molecule has 0 saturated heterocycles. The topological polar surface area (TPSA) is 36.1 Å². The van der Waals surface area contributed by atoms with Gasteiger partial charge in [0.1, 0.15) is 22.3 Å². The van der Waals surface area contributed by atoms with Gasteiger partial charge < -0.3 is 18.0 Å². The number of rotatable bonds is 5. The maximum absolute atomic E-state index is 6.56. The Kier molecular flexibility index (Phi) is 7.36. The van der Waals surface area contributed by atoms with E-state index in [4.69, 9.17) is 8.83 Å². The molecular weight excluding hydrogens is 781 g/mol. The van der Waals surface area contributed by atoms with Crippen molar-refractivity contribution in [3.8, 4) is 44.8 Å². The van der Waals surface area contributed by atoms with Crippen LogP contribution in [0.2, 0.25) is 0 Å². The van der Waals surface area contributed by atoms with E-state index in [0.717, 1.165) is 99.6 Å². The van der Waals surface area contributed by atoms with E-state index < -0.39 is 0 Å². The number of para-hydroxylation sites is 3. The zero-order valence-electron chi connectivity index (χ0n) is 34.5. The van der Waals surface area contributed by atoms with E-state index in [1.54, 1.807) is 0 Å². The van der Waals surface area contributed by atoms with Gasteiger partial charge in [-0.3, -0.25) is 0 Å². The van der Waals surface area contributed by atoms with Crippen LogP contribution in [0.4, 0.5) is 0 Å². The summed E-state index contributed by atoms with van der Waals surface area (Å²) in [5.41, 5.74) is 17.3. The van der Waals surface area contributed by atoms with Crippen LogP contribution < -0.4 is 0 Å². The van der Waals surface area contributed by atoms with E-state index in [1.807, 2.05) is 12.1 Å². The Labute approximate surface area is 367 Å². The zero-order chi connectivity index (χ0) is 41.9. The predicted molar refractivity (Wildman–Crippen MR) is 266 cm³/mol. The molecule has 0 aliphatic heterocycles. The molecule has 0 unspecified atom stereocenters. The Morgan fingerprint density at radius 1 is 0.219 bits per heavy atom. The van der Waals surface area contributed by atoms with Gasteiger partial charge in [-0.05, 0) is 112 Å². The van der Waals surface area contributed by atoms with Crippen molar-refractivity contribution in [1.29, 1.82) is 0 Å². The van der Waals surface area contributed by atoms with Crippen LogP contribution in [0.3, 0.4) is 0 Å². The molecule has 0 aliphatic rings. The van der Waals surface area contributed by atoms with Crippen molar-refractivity contribution in [2.45, 2.75) is 0 Å². The molecule has 0 atom stereocenters. The first kappa shape index (κ1) is 35.0. The summed E-state index contributed by atoms with van der Waals surface area (Å²) in [5.74, 6) is 0. The van der Waals surface area contributed by atoms with Crippen molar-refractivity contribution in [2.75, 3.05) is 0 Å². The van der Waals surface area contributed by atoms with Gasteiger partial charge in [0.15, 0.2) is 0 Å². The first-order chi connectivity index (χ1) is 31.7. The summed E-state index contributed by atoms with van der Waals surface area (Å²) in [4.78, 5) is 0. The second kappa shape index (κ2) is 13.4. The number of nitrogens with zero attached hydrogens (tertiary/aromatic N) is 2.